The number of aryl methyl sites for hydroxylation is 1. The fraction of sp³-hybridized carbons (Fsp3) is 0.333. The van der Waals surface area contributed by atoms with Crippen LogP contribution in [0.15, 0.2) is 9.59 Å². The largest absolute Gasteiger partial charge is 0.332 e. The molecule has 96 valence electrons. The van der Waals surface area contributed by atoms with Crippen LogP contribution in [0.1, 0.15) is 10.5 Å². The highest BCUT2D eigenvalue weighted by Crippen LogP contribution is 2.28. The number of nitrogens with zero attached hydrogens (tertiary/aromatic N) is 4. The van der Waals surface area contributed by atoms with Gasteiger partial charge in [-0.2, -0.15) is 0 Å². The van der Waals surface area contributed by atoms with E-state index in [1.807, 2.05) is 0 Å². The predicted molar refractivity (Wildman–Crippen MR) is 69.5 cm³/mol. The molecule has 6 nitrogen and oxygen atoms in total. The summed E-state index contributed by atoms with van der Waals surface area (Å²) in [4.78, 5) is 30.5. The number of rotatable bonds is 1. The lowest BCUT2D eigenvalue weighted by Gasteiger charge is -2.09. The lowest BCUT2D eigenvalue weighted by molar-refractivity contribution is 0.703. The first-order valence-corrected chi connectivity index (χ1v) is 6.01. The van der Waals surface area contributed by atoms with Crippen molar-refractivity contribution < 1.29 is 0 Å². The van der Waals surface area contributed by atoms with Crippen molar-refractivity contribution in [2.75, 3.05) is 0 Å². The molecule has 2 heterocycles. The molecule has 0 bridgehead atoms. The maximum Gasteiger partial charge on any atom is 0.332 e. The minimum absolute atomic E-state index is 0.00898. The summed E-state index contributed by atoms with van der Waals surface area (Å²) in [5.74, 6) is 0. The van der Waals surface area contributed by atoms with Crippen molar-refractivity contribution in [1.82, 2.24) is 19.1 Å². The molecule has 0 aromatic carbocycles. The summed E-state index contributed by atoms with van der Waals surface area (Å²) >= 11 is 17.2. The molecule has 0 aliphatic carbocycles. The zero-order chi connectivity index (χ0) is 13.6. The van der Waals surface area contributed by atoms with E-state index < -0.39 is 16.1 Å². The summed E-state index contributed by atoms with van der Waals surface area (Å²) in [7, 11) is 2.81. The smallest absolute Gasteiger partial charge is 0.279 e. The number of aromatic nitrogens is 4. The first-order valence-electron chi connectivity index (χ1n) is 4.76. The average Bonchev–Trinajstić information content (AvgIpc) is 2.33. The maximum absolute atomic E-state index is 11.9. The van der Waals surface area contributed by atoms with Crippen LogP contribution in [-0.4, -0.2) is 19.1 Å². The molecule has 0 spiro atoms. The van der Waals surface area contributed by atoms with Crippen molar-refractivity contribution in [3.8, 4) is 0 Å². The van der Waals surface area contributed by atoms with Gasteiger partial charge in [0.1, 0.15) is 5.69 Å². The van der Waals surface area contributed by atoms with Crippen LogP contribution in [0.2, 0.25) is 5.15 Å². The molecular weight excluding hydrogens is 302 g/mol. The van der Waals surface area contributed by atoms with Crippen molar-refractivity contribution in [3.05, 3.63) is 31.7 Å². The molecule has 2 rings (SSSR count). The Morgan fingerprint density at radius 3 is 2.28 bits per heavy atom. The molecular formula is C9H7Cl3N4O2. The van der Waals surface area contributed by atoms with E-state index in [1.165, 1.54) is 18.7 Å². The SMILES string of the molecule is Cn1c(=O)c2nc(C(Cl)Cl)c(Cl)nc2n(C)c1=O. The monoisotopic (exact) mass is 308 g/mol. The minimum atomic E-state index is -1.00. The highest BCUT2D eigenvalue weighted by atomic mass is 35.5. The molecule has 2 aromatic heterocycles. The Hall–Kier alpha value is -1.11. The third kappa shape index (κ3) is 1.90. The zero-order valence-electron chi connectivity index (χ0n) is 9.32. The van der Waals surface area contributed by atoms with Gasteiger partial charge in [-0.3, -0.25) is 13.9 Å². The quantitative estimate of drug-likeness (QED) is 0.741. The molecule has 18 heavy (non-hydrogen) atoms. The van der Waals surface area contributed by atoms with E-state index in [2.05, 4.69) is 9.97 Å². The Bertz CT molecular complexity index is 750. The van der Waals surface area contributed by atoms with Gasteiger partial charge < -0.3 is 0 Å². The first kappa shape index (κ1) is 13.3. The van der Waals surface area contributed by atoms with E-state index in [4.69, 9.17) is 34.8 Å². The van der Waals surface area contributed by atoms with E-state index in [0.29, 0.717) is 0 Å². The van der Waals surface area contributed by atoms with Gasteiger partial charge in [-0.25, -0.2) is 14.8 Å². The van der Waals surface area contributed by atoms with Crippen LogP contribution in [0.3, 0.4) is 0 Å². The summed E-state index contributed by atoms with van der Waals surface area (Å²) in [6, 6.07) is 0. The topological polar surface area (TPSA) is 69.8 Å². The maximum atomic E-state index is 11.9. The van der Waals surface area contributed by atoms with Crippen LogP contribution in [0.25, 0.3) is 11.2 Å². The van der Waals surface area contributed by atoms with Gasteiger partial charge in [-0.05, 0) is 0 Å². The molecule has 0 saturated carbocycles. The van der Waals surface area contributed by atoms with Crippen LogP contribution in [0.4, 0.5) is 0 Å². The van der Waals surface area contributed by atoms with Gasteiger partial charge in [-0.1, -0.05) is 34.8 Å². The van der Waals surface area contributed by atoms with Crippen molar-refractivity contribution in [2.24, 2.45) is 14.1 Å². The molecule has 0 aliphatic heterocycles. The standard InChI is InChI=1S/C9H7Cl3N4O2/c1-15-7-4(8(17)16(2)9(15)18)13-3(5(10)11)6(12)14-7/h5H,1-2H3. The third-order valence-corrected chi connectivity index (χ3v) is 3.16. The van der Waals surface area contributed by atoms with Crippen molar-refractivity contribution in [2.45, 2.75) is 4.84 Å². The molecule has 0 fully saturated rings. The Morgan fingerprint density at radius 1 is 1.11 bits per heavy atom. The van der Waals surface area contributed by atoms with Crippen LogP contribution in [0, 0.1) is 0 Å². The molecule has 0 saturated heterocycles. The second-order valence-corrected chi connectivity index (χ2v) is 5.03. The van der Waals surface area contributed by atoms with Crippen molar-refractivity contribution >= 4 is 46.0 Å². The van der Waals surface area contributed by atoms with E-state index in [9.17, 15) is 9.59 Å². The van der Waals surface area contributed by atoms with E-state index in [1.54, 1.807) is 0 Å². The zero-order valence-corrected chi connectivity index (χ0v) is 11.6. The highest BCUT2D eigenvalue weighted by molar-refractivity contribution is 6.45. The Balaban J connectivity index is 3.04. The summed E-state index contributed by atoms with van der Waals surface area (Å²) in [5.41, 5.74) is -0.925. The van der Waals surface area contributed by atoms with Crippen LogP contribution >= 0.6 is 34.8 Å². The van der Waals surface area contributed by atoms with Gasteiger partial charge in [0.05, 0.1) is 0 Å². The predicted octanol–water partition coefficient (Wildman–Crippen LogP) is 1.16. The fourth-order valence-electron chi connectivity index (χ4n) is 1.50. The van der Waals surface area contributed by atoms with Gasteiger partial charge >= 0.3 is 5.69 Å². The van der Waals surface area contributed by atoms with Crippen LogP contribution < -0.4 is 11.2 Å². The van der Waals surface area contributed by atoms with Gasteiger partial charge in [0.15, 0.2) is 21.2 Å². The first-order chi connectivity index (χ1) is 8.34. The molecule has 0 unspecified atom stereocenters. The number of hydrogen-bond donors (Lipinski definition) is 0. The molecule has 0 atom stereocenters. The van der Waals surface area contributed by atoms with Gasteiger partial charge in [0.25, 0.3) is 5.56 Å². The van der Waals surface area contributed by atoms with Gasteiger partial charge in [0.2, 0.25) is 0 Å². The van der Waals surface area contributed by atoms with Gasteiger partial charge in [-0.15, -0.1) is 0 Å². The summed E-state index contributed by atoms with van der Waals surface area (Å²) in [5, 5.41) is -0.0410. The lowest BCUT2D eigenvalue weighted by Crippen LogP contribution is -2.37. The second-order valence-electron chi connectivity index (χ2n) is 3.58. The van der Waals surface area contributed by atoms with Crippen LogP contribution in [0.5, 0.6) is 0 Å². The molecule has 2 aromatic rings. The average molecular weight is 310 g/mol. The second kappa shape index (κ2) is 4.53. The fourth-order valence-corrected chi connectivity index (χ4v) is 2.14. The highest BCUT2D eigenvalue weighted by Gasteiger charge is 2.18. The molecule has 0 radical (unpaired) electrons. The summed E-state index contributed by atoms with van der Waals surface area (Å²) in [6.07, 6.45) is 0. The van der Waals surface area contributed by atoms with Crippen molar-refractivity contribution in [1.29, 1.82) is 0 Å². The van der Waals surface area contributed by atoms with Crippen molar-refractivity contribution in [3.63, 3.8) is 0 Å². The minimum Gasteiger partial charge on any atom is -0.279 e. The Morgan fingerprint density at radius 2 is 1.72 bits per heavy atom. The summed E-state index contributed by atoms with van der Waals surface area (Å²) < 4.78 is 2.10. The molecule has 0 amide bonds. The number of fused-ring (bicyclic) bond motifs is 1. The molecule has 0 aliphatic rings. The van der Waals surface area contributed by atoms with Crippen LogP contribution in [-0.2, 0) is 14.1 Å². The lowest BCUT2D eigenvalue weighted by atomic mass is 10.4. The Kier molecular flexibility index (Phi) is 3.35. The van der Waals surface area contributed by atoms with E-state index in [-0.39, 0.29) is 22.0 Å². The molecule has 9 heteroatoms. The molecule has 0 N–H and O–H groups in total. The number of alkyl halides is 2. The van der Waals surface area contributed by atoms with E-state index in [0.717, 1.165) is 4.57 Å². The Labute approximate surface area is 116 Å². The third-order valence-electron chi connectivity index (χ3n) is 2.46. The summed E-state index contributed by atoms with van der Waals surface area (Å²) in [6.45, 7) is 0. The van der Waals surface area contributed by atoms with E-state index >= 15 is 0 Å². The van der Waals surface area contributed by atoms with Gasteiger partial charge in [0, 0.05) is 14.1 Å². The normalized spacial score (nSPS) is 11.4. The number of halogens is 3. The number of hydrogen-bond acceptors (Lipinski definition) is 4.